The predicted octanol–water partition coefficient (Wildman–Crippen LogP) is 3.99. The van der Waals surface area contributed by atoms with Gasteiger partial charge in [-0.15, -0.1) is 0 Å². The van der Waals surface area contributed by atoms with E-state index in [1.807, 2.05) is 0 Å². The molecule has 106 valence electrons. The molecule has 1 N–H and O–H groups in total. The zero-order valence-electron chi connectivity index (χ0n) is 12.5. The van der Waals surface area contributed by atoms with E-state index in [1.54, 1.807) is 0 Å². The Balaban J connectivity index is 2.31. The summed E-state index contributed by atoms with van der Waals surface area (Å²) in [6.45, 7) is 5.06. The molecule has 0 saturated heterocycles. The van der Waals surface area contributed by atoms with Gasteiger partial charge in [0.2, 0.25) is 0 Å². The first-order valence-electron chi connectivity index (χ1n) is 7.59. The van der Waals surface area contributed by atoms with Crippen LogP contribution in [0.1, 0.15) is 56.2 Å². The van der Waals surface area contributed by atoms with Crippen LogP contribution in [-0.4, -0.2) is 19.3 Å². The Hall–Kier alpha value is -0.860. The fourth-order valence-electron chi connectivity index (χ4n) is 3.54. The van der Waals surface area contributed by atoms with Crippen molar-refractivity contribution in [3.8, 4) is 0 Å². The van der Waals surface area contributed by atoms with Gasteiger partial charge in [0.15, 0.2) is 0 Å². The topological polar surface area (TPSA) is 21.3 Å². The predicted molar refractivity (Wildman–Crippen MR) is 80.4 cm³/mol. The molecule has 2 rings (SSSR count). The van der Waals surface area contributed by atoms with Gasteiger partial charge in [-0.1, -0.05) is 49.1 Å². The van der Waals surface area contributed by atoms with Crippen LogP contribution in [0.4, 0.5) is 0 Å². The lowest BCUT2D eigenvalue weighted by Crippen LogP contribution is -2.46. The van der Waals surface area contributed by atoms with E-state index in [9.17, 15) is 0 Å². The van der Waals surface area contributed by atoms with E-state index in [1.165, 1.54) is 43.2 Å². The second kappa shape index (κ2) is 6.53. The van der Waals surface area contributed by atoms with E-state index in [0.717, 1.165) is 6.61 Å². The van der Waals surface area contributed by atoms with Crippen molar-refractivity contribution in [3.63, 3.8) is 0 Å². The molecule has 0 bridgehead atoms. The zero-order valence-corrected chi connectivity index (χ0v) is 12.5. The fourth-order valence-corrected chi connectivity index (χ4v) is 3.54. The number of likely N-dealkylation sites (N-methyl/N-ethyl adjacent to an activating group) is 1. The third-order valence-corrected chi connectivity index (χ3v) is 4.32. The number of benzene rings is 1. The summed E-state index contributed by atoms with van der Waals surface area (Å²) >= 11 is 0. The second-order valence-corrected chi connectivity index (χ2v) is 5.69. The highest BCUT2D eigenvalue weighted by molar-refractivity contribution is 5.27. The molecule has 1 aliphatic carbocycles. The largest absolute Gasteiger partial charge is 0.373 e. The average Bonchev–Trinajstić information content (AvgIpc) is 2.41. The van der Waals surface area contributed by atoms with Gasteiger partial charge in [-0.05, 0) is 39.3 Å². The lowest BCUT2D eigenvalue weighted by atomic mass is 9.76. The summed E-state index contributed by atoms with van der Waals surface area (Å²) in [4.78, 5) is 0. The molecule has 1 fully saturated rings. The van der Waals surface area contributed by atoms with Gasteiger partial charge in [-0.3, -0.25) is 0 Å². The number of nitrogens with one attached hydrogen (secondary N) is 1. The molecule has 2 nitrogen and oxygen atoms in total. The van der Waals surface area contributed by atoms with Crippen LogP contribution in [0, 0.1) is 6.92 Å². The highest BCUT2D eigenvalue weighted by atomic mass is 16.5. The van der Waals surface area contributed by atoms with Crippen LogP contribution >= 0.6 is 0 Å². The van der Waals surface area contributed by atoms with E-state index < -0.39 is 0 Å². The fraction of sp³-hybridized carbons (Fsp3) is 0.647. The van der Waals surface area contributed by atoms with E-state index >= 15 is 0 Å². The molecule has 1 atom stereocenters. The van der Waals surface area contributed by atoms with Crippen LogP contribution in [0.5, 0.6) is 0 Å². The first-order valence-corrected chi connectivity index (χ1v) is 7.59. The highest BCUT2D eigenvalue weighted by Gasteiger charge is 2.40. The van der Waals surface area contributed by atoms with Gasteiger partial charge in [-0.2, -0.15) is 0 Å². The van der Waals surface area contributed by atoms with Crippen molar-refractivity contribution >= 4 is 0 Å². The Morgan fingerprint density at radius 3 is 2.58 bits per heavy atom. The third-order valence-electron chi connectivity index (χ3n) is 4.32. The molecule has 0 amide bonds. The normalized spacial score (nSPS) is 20.2. The van der Waals surface area contributed by atoms with Crippen LogP contribution in [-0.2, 0) is 4.74 Å². The molecule has 0 aromatic heterocycles. The Morgan fingerprint density at radius 1 is 1.26 bits per heavy atom. The van der Waals surface area contributed by atoms with Gasteiger partial charge < -0.3 is 10.1 Å². The molecule has 1 aromatic rings. The highest BCUT2D eigenvalue weighted by Crippen LogP contribution is 2.41. The molecule has 0 aliphatic heterocycles. The summed E-state index contributed by atoms with van der Waals surface area (Å²) < 4.78 is 6.26. The van der Waals surface area contributed by atoms with Crippen molar-refractivity contribution in [1.29, 1.82) is 0 Å². The Labute approximate surface area is 117 Å². The van der Waals surface area contributed by atoms with Crippen molar-refractivity contribution in [3.05, 3.63) is 35.4 Å². The molecular formula is C17H27NO. The third kappa shape index (κ3) is 3.18. The molecular weight excluding hydrogens is 234 g/mol. The SMILES string of the molecule is CCOC1(C(NC)c2cccc(C)c2)CCCCC1. The first-order chi connectivity index (χ1) is 9.22. The number of rotatable bonds is 5. The number of ether oxygens (including phenoxy) is 1. The lowest BCUT2D eigenvalue weighted by molar-refractivity contribution is -0.0898. The number of aryl methyl sites for hydroxylation is 1. The Morgan fingerprint density at radius 2 is 2.00 bits per heavy atom. The number of hydrogen-bond acceptors (Lipinski definition) is 2. The molecule has 1 aromatic carbocycles. The van der Waals surface area contributed by atoms with Gasteiger partial charge in [-0.25, -0.2) is 0 Å². The van der Waals surface area contributed by atoms with Crippen LogP contribution in [0.2, 0.25) is 0 Å². The molecule has 19 heavy (non-hydrogen) atoms. The van der Waals surface area contributed by atoms with Gasteiger partial charge >= 0.3 is 0 Å². The molecule has 0 radical (unpaired) electrons. The molecule has 1 saturated carbocycles. The average molecular weight is 261 g/mol. The molecule has 2 heteroatoms. The maximum Gasteiger partial charge on any atom is 0.0876 e. The van der Waals surface area contributed by atoms with E-state index in [0.29, 0.717) is 6.04 Å². The Bertz CT molecular complexity index is 390. The minimum Gasteiger partial charge on any atom is -0.373 e. The number of hydrogen-bond donors (Lipinski definition) is 1. The van der Waals surface area contributed by atoms with Gasteiger partial charge in [0, 0.05) is 6.61 Å². The van der Waals surface area contributed by atoms with Gasteiger partial charge in [0.1, 0.15) is 0 Å². The van der Waals surface area contributed by atoms with E-state index in [2.05, 4.69) is 50.5 Å². The second-order valence-electron chi connectivity index (χ2n) is 5.69. The minimum atomic E-state index is -0.0183. The van der Waals surface area contributed by atoms with Crippen molar-refractivity contribution in [1.82, 2.24) is 5.32 Å². The Kier molecular flexibility index (Phi) is 5.00. The van der Waals surface area contributed by atoms with Crippen molar-refractivity contribution in [2.45, 2.75) is 57.6 Å². The summed E-state index contributed by atoms with van der Waals surface area (Å²) in [5.74, 6) is 0. The summed E-state index contributed by atoms with van der Waals surface area (Å²) in [6.07, 6.45) is 6.24. The summed E-state index contributed by atoms with van der Waals surface area (Å²) in [6, 6.07) is 9.12. The minimum absolute atomic E-state index is 0.0183. The zero-order chi connectivity index (χ0) is 13.7. The van der Waals surface area contributed by atoms with Crippen LogP contribution in [0.25, 0.3) is 0 Å². The summed E-state index contributed by atoms with van der Waals surface area (Å²) in [5.41, 5.74) is 2.66. The molecule has 0 heterocycles. The van der Waals surface area contributed by atoms with E-state index in [4.69, 9.17) is 4.74 Å². The molecule has 0 spiro atoms. The summed E-state index contributed by atoms with van der Waals surface area (Å²) in [5, 5.41) is 3.52. The first kappa shape index (κ1) is 14.5. The quantitative estimate of drug-likeness (QED) is 0.865. The van der Waals surface area contributed by atoms with Crippen LogP contribution in [0.15, 0.2) is 24.3 Å². The smallest absolute Gasteiger partial charge is 0.0876 e. The van der Waals surface area contributed by atoms with Crippen LogP contribution in [0.3, 0.4) is 0 Å². The summed E-state index contributed by atoms with van der Waals surface area (Å²) in [7, 11) is 2.06. The van der Waals surface area contributed by atoms with E-state index in [-0.39, 0.29) is 5.60 Å². The van der Waals surface area contributed by atoms with Crippen molar-refractivity contribution < 1.29 is 4.74 Å². The van der Waals surface area contributed by atoms with Crippen LogP contribution < -0.4 is 5.32 Å². The van der Waals surface area contributed by atoms with Crippen molar-refractivity contribution in [2.24, 2.45) is 0 Å². The molecule has 1 unspecified atom stereocenters. The van der Waals surface area contributed by atoms with Gasteiger partial charge in [0.25, 0.3) is 0 Å². The maximum absolute atomic E-state index is 6.26. The van der Waals surface area contributed by atoms with Gasteiger partial charge in [0.05, 0.1) is 11.6 Å². The maximum atomic E-state index is 6.26. The van der Waals surface area contributed by atoms with Crippen molar-refractivity contribution in [2.75, 3.05) is 13.7 Å². The lowest BCUT2D eigenvalue weighted by Gasteiger charge is -2.43. The monoisotopic (exact) mass is 261 g/mol. The molecule has 1 aliphatic rings. The standard InChI is InChI=1S/C17H27NO/c1-4-19-17(11-6-5-7-12-17)16(18-3)15-10-8-9-14(2)13-15/h8-10,13,16,18H,4-7,11-12H2,1-3H3.